The van der Waals surface area contributed by atoms with E-state index in [1.165, 1.54) is 6.07 Å². The monoisotopic (exact) mass is 406 g/mol. The molecular weight excluding hydrogens is 379 g/mol. The van der Waals surface area contributed by atoms with Crippen molar-refractivity contribution in [1.29, 1.82) is 0 Å². The highest BCUT2D eigenvalue weighted by Gasteiger charge is 2.03. The van der Waals surface area contributed by atoms with Crippen molar-refractivity contribution in [3.63, 3.8) is 0 Å². The summed E-state index contributed by atoms with van der Waals surface area (Å²) in [4.78, 5) is 8.53. The van der Waals surface area contributed by atoms with Gasteiger partial charge in [0.05, 0.1) is 5.69 Å². The Morgan fingerprint density at radius 2 is 1.97 bits per heavy atom. The lowest BCUT2D eigenvalue weighted by Gasteiger charge is -2.13. The predicted octanol–water partition coefficient (Wildman–Crippen LogP) is 4.02. The molecule has 3 aromatic rings. The van der Waals surface area contributed by atoms with Gasteiger partial charge in [-0.25, -0.2) is 4.39 Å². The van der Waals surface area contributed by atoms with Crippen LogP contribution in [0.15, 0.2) is 71.9 Å². The molecule has 0 aliphatic carbocycles. The van der Waals surface area contributed by atoms with Crippen LogP contribution in [0.4, 0.5) is 4.39 Å². The first kappa shape index (κ1) is 21.3. The Bertz CT molecular complexity index is 976. The predicted molar refractivity (Wildman–Crippen MR) is 118 cm³/mol. The lowest BCUT2D eigenvalue weighted by Crippen LogP contribution is -2.37. The largest absolute Gasteiger partial charge is 0.487 e. The van der Waals surface area contributed by atoms with E-state index in [0.717, 1.165) is 40.5 Å². The first-order valence-electron chi connectivity index (χ1n) is 9.95. The molecule has 30 heavy (non-hydrogen) atoms. The summed E-state index contributed by atoms with van der Waals surface area (Å²) in [6.45, 7) is 3.69. The highest BCUT2D eigenvalue weighted by molar-refractivity contribution is 5.79. The van der Waals surface area contributed by atoms with Gasteiger partial charge in [-0.15, -0.1) is 0 Å². The van der Waals surface area contributed by atoms with Gasteiger partial charge in [-0.2, -0.15) is 0 Å². The second-order valence-corrected chi connectivity index (χ2v) is 6.93. The smallest absolute Gasteiger partial charge is 0.191 e. The standard InChI is InChI=1S/C24H27FN4O/c1-18-14-21(25)10-9-20(18)11-13-28-24(26-2)29-16-19-6-5-8-23(15-19)30-17-22-7-3-4-12-27-22/h3-10,12,14-15H,11,13,16-17H2,1-2H3,(H2,26,28,29). The van der Waals surface area contributed by atoms with Gasteiger partial charge >= 0.3 is 0 Å². The first-order valence-corrected chi connectivity index (χ1v) is 9.95. The van der Waals surface area contributed by atoms with Crippen molar-refractivity contribution >= 4 is 5.96 Å². The van der Waals surface area contributed by atoms with Gasteiger partial charge in [0.1, 0.15) is 18.2 Å². The summed E-state index contributed by atoms with van der Waals surface area (Å²) < 4.78 is 19.1. The van der Waals surface area contributed by atoms with Gasteiger partial charge < -0.3 is 15.4 Å². The fourth-order valence-electron chi connectivity index (χ4n) is 3.05. The summed E-state index contributed by atoms with van der Waals surface area (Å²) in [5.41, 5.74) is 4.06. The van der Waals surface area contributed by atoms with Gasteiger partial charge in [0.25, 0.3) is 0 Å². The van der Waals surface area contributed by atoms with Crippen LogP contribution in [0.25, 0.3) is 0 Å². The minimum atomic E-state index is -0.201. The average Bonchev–Trinajstić information content (AvgIpc) is 2.77. The maximum absolute atomic E-state index is 13.2. The van der Waals surface area contributed by atoms with Crippen molar-refractivity contribution < 1.29 is 9.13 Å². The van der Waals surface area contributed by atoms with Crippen LogP contribution >= 0.6 is 0 Å². The average molecular weight is 407 g/mol. The number of pyridine rings is 1. The molecule has 156 valence electrons. The van der Waals surface area contributed by atoms with Crippen molar-refractivity contribution in [2.24, 2.45) is 4.99 Å². The molecule has 0 unspecified atom stereocenters. The molecule has 1 heterocycles. The number of ether oxygens (including phenoxy) is 1. The zero-order valence-electron chi connectivity index (χ0n) is 17.4. The Morgan fingerprint density at radius 1 is 1.07 bits per heavy atom. The fourth-order valence-corrected chi connectivity index (χ4v) is 3.05. The van der Waals surface area contributed by atoms with E-state index in [1.54, 1.807) is 19.3 Å². The minimum absolute atomic E-state index is 0.201. The molecule has 2 N–H and O–H groups in total. The second kappa shape index (κ2) is 11.0. The van der Waals surface area contributed by atoms with Crippen LogP contribution in [0, 0.1) is 12.7 Å². The van der Waals surface area contributed by atoms with Crippen molar-refractivity contribution in [3.05, 3.63) is 95.1 Å². The molecule has 0 saturated carbocycles. The quantitative estimate of drug-likeness (QED) is 0.438. The highest BCUT2D eigenvalue weighted by atomic mass is 19.1. The van der Waals surface area contributed by atoms with Gasteiger partial charge in [0.15, 0.2) is 5.96 Å². The molecule has 0 amide bonds. The number of hydrogen-bond acceptors (Lipinski definition) is 3. The normalized spacial score (nSPS) is 11.2. The summed E-state index contributed by atoms with van der Waals surface area (Å²) in [5, 5.41) is 6.60. The molecular formula is C24H27FN4O. The van der Waals surface area contributed by atoms with Crippen LogP contribution in [-0.2, 0) is 19.6 Å². The molecule has 0 aliphatic rings. The molecule has 0 radical (unpaired) electrons. The number of hydrogen-bond donors (Lipinski definition) is 2. The molecule has 0 spiro atoms. The van der Waals surface area contributed by atoms with Crippen molar-refractivity contribution in [2.45, 2.75) is 26.5 Å². The van der Waals surface area contributed by atoms with Crippen molar-refractivity contribution in [3.8, 4) is 5.75 Å². The summed E-state index contributed by atoms with van der Waals surface area (Å²) in [5.74, 6) is 1.32. The number of nitrogens with one attached hydrogen (secondary N) is 2. The van der Waals surface area contributed by atoms with E-state index in [0.29, 0.717) is 19.7 Å². The van der Waals surface area contributed by atoms with Crippen LogP contribution in [0.5, 0.6) is 5.75 Å². The number of aliphatic imine (C=N–C) groups is 1. The van der Waals surface area contributed by atoms with Crippen LogP contribution < -0.4 is 15.4 Å². The molecule has 0 fully saturated rings. The number of halogens is 1. The number of rotatable bonds is 8. The third-order valence-corrected chi connectivity index (χ3v) is 4.69. The second-order valence-electron chi connectivity index (χ2n) is 6.93. The van der Waals surface area contributed by atoms with Crippen LogP contribution in [0.2, 0.25) is 0 Å². The molecule has 6 heteroatoms. The molecule has 2 aromatic carbocycles. The first-order chi connectivity index (χ1) is 14.6. The number of aryl methyl sites for hydroxylation is 1. The molecule has 0 bridgehead atoms. The molecule has 3 rings (SSSR count). The van der Waals surface area contributed by atoms with Gasteiger partial charge in [-0.1, -0.05) is 24.3 Å². The summed E-state index contributed by atoms with van der Waals surface area (Å²) in [6, 6.07) is 18.6. The van der Waals surface area contributed by atoms with Crippen LogP contribution in [0.3, 0.4) is 0 Å². The summed E-state index contributed by atoms with van der Waals surface area (Å²) >= 11 is 0. The van der Waals surface area contributed by atoms with Crippen LogP contribution in [-0.4, -0.2) is 24.5 Å². The third kappa shape index (κ3) is 6.58. The van der Waals surface area contributed by atoms with Gasteiger partial charge in [0, 0.05) is 26.3 Å². The van der Waals surface area contributed by atoms with E-state index < -0.39 is 0 Å². The highest BCUT2D eigenvalue weighted by Crippen LogP contribution is 2.15. The Labute approximate surface area is 177 Å². The summed E-state index contributed by atoms with van der Waals surface area (Å²) in [6.07, 6.45) is 2.55. The van der Waals surface area contributed by atoms with Crippen molar-refractivity contribution in [1.82, 2.24) is 15.6 Å². The molecule has 1 aromatic heterocycles. The Balaban J connectivity index is 1.46. The molecule has 0 aliphatic heterocycles. The van der Waals surface area contributed by atoms with Gasteiger partial charge in [0.2, 0.25) is 0 Å². The Morgan fingerprint density at radius 3 is 2.73 bits per heavy atom. The molecule has 0 atom stereocenters. The lowest BCUT2D eigenvalue weighted by atomic mass is 10.1. The minimum Gasteiger partial charge on any atom is -0.487 e. The summed E-state index contributed by atoms with van der Waals surface area (Å²) in [7, 11) is 1.74. The zero-order valence-corrected chi connectivity index (χ0v) is 17.4. The van der Waals surface area contributed by atoms with E-state index in [-0.39, 0.29) is 5.82 Å². The molecule has 5 nitrogen and oxygen atoms in total. The van der Waals surface area contributed by atoms with E-state index in [2.05, 4.69) is 20.6 Å². The zero-order chi connectivity index (χ0) is 21.2. The number of benzene rings is 2. The van der Waals surface area contributed by atoms with E-state index in [4.69, 9.17) is 4.74 Å². The maximum atomic E-state index is 13.2. The third-order valence-electron chi connectivity index (χ3n) is 4.69. The van der Waals surface area contributed by atoms with Gasteiger partial charge in [-0.3, -0.25) is 9.98 Å². The van der Waals surface area contributed by atoms with E-state index >= 15 is 0 Å². The van der Waals surface area contributed by atoms with Crippen molar-refractivity contribution in [2.75, 3.05) is 13.6 Å². The number of guanidine groups is 1. The SMILES string of the molecule is CN=C(NCCc1ccc(F)cc1C)NCc1cccc(OCc2ccccn2)c1. The lowest BCUT2D eigenvalue weighted by molar-refractivity contribution is 0.301. The Hall–Kier alpha value is -3.41. The molecule has 0 saturated heterocycles. The maximum Gasteiger partial charge on any atom is 0.191 e. The fraction of sp³-hybridized carbons (Fsp3) is 0.250. The topological polar surface area (TPSA) is 58.5 Å². The van der Waals surface area contributed by atoms with E-state index in [9.17, 15) is 4.39 Å². The Kier molecular flexibility index (Phi) is 7.78. The number of aromatic nitrogens is 1. The van der Waals surface area contributed by atoms with Gasteiger partial charge in [-0.05, 0) is 66.4 Å². The number of nitrogens with zero attached hydrogens (tertiary/aromatic N) is 2. The van der Waals surface area contributed by atoms with Crippen LogP contribution in [0.1, 0.15) is 22.4 Å². The van der Waals surface area contributed by atoms with E-state index in [1.807, 2.05) is 55.5 Å².